The number of benzene rings is 2. The van der Waals surface area contributed by atoms with E-state index < -0.39 is 0 Å². The number of fused-ring (bicyclic) bond motifs is 1. The molecule has 5 fully saturated rings. The molecule has 5 atom stereocenters. The van der Waals surface area contributed by atoms with Crippen molar-refractivity contribution < 1.29 is 9.59 Å². The van der Waals surface area contributed by atoms with Crippen molar-refractivity contribution in [3.05, 3.63) is 72.6 Å². The first kappa shape index (κ1) is 20.2. The third-order valence-electron chi connectivity index (χ3n) is 9.12. The van der Waals surface area contributed by atoms with Crippen LogP contribution in [0.25, 0.3) is 22.4 Å². The van der Waals surface area contributed by atoms with Gasteiger partial charge < -0.3 is 15.2 Å². The molecule has 2 aromatic carbocycles. The Hall–Kier alpha value is -4.00. The van der Waals surface area contributed by atoms with Crippen molar-refractivity contribution in [3.8, 4) is 11.4 Å². The monoisotopic (exact) mass is 475 g/mol. The third kappa shape index (κ3) is 2.63. The van der Waals surface area contributed by atoms with Gasteiger partial charge in [-0.1, -0.05) is 6.07 Å². The number of carbonyl (C=O) groups is 2. The van der Waals surface area contributed by atoms with Crippen LogP contribution in [0.15, 0.2) is 66.9 Å². The van der Waals surface area contributed by atoms with Crippen LogP contribution in [0, 0.1) is 23.2 Å². The SMILES string of the molecule is O=C(Nc1ccc2nc(-c3ccc(N4C(=O)C56CC7CC(CC5C7)C46)cc3)[nH]c2c1)c1ccccn1. The van der Waals surface area contributed by atoms with Crippen LogP contribution in [0.4, 0.5) is 11.4 Å². The third-order valence-corrected chi connectivity index (χ3v) is 9.12. The molecule has 5 aliphatic rings. The molecule has 2 aromatic heterocycles. The lowest BCUT2D eigenvalue weighted by Crippen LogP contribution is -2.70. The molecular weight excluding hydrogens is 450 g/mol. The van der Waals surface area contributed by atoms with Gasteiger partial charge in [0, 0.05) is 23.1 Å². The van der Waals surface area contributed by atoms with E-state index in [4.69, 9.17) is 4.98 Å². The number of hydrogen-bond acceptors (Lipinski definition) is 4. The maximum absolute atomic E-state index is 13.4. The molecule has 4 aliphatic carbocycles. The number of aromatic amines is 1. The van der Waals surface area contributed by atoms with E-state index in [0.29, 0.717) is 35.2 Å². The van der Waals surface area contributed by atoms with Gasteiger partial charge in [-0.3, -0.25) is 14.6 Å². The summed E-state index contributed by atoms with van der Waals surface area (Å²) in [6, 6.07) is 19.5. The number of anilines is 2. The van der Waals surface area contributed by atoms with Crippen molar-refractivity contribution in [1.29, 1.82) is 0 Å². The average Bonchev–Trinajstić information content (AvgIpc) is 3.50. The standard InChI is InChI=1S/C29H25N5O2/c35-27(23-3-1-2-10-30-23)31-20-6-9-22-24(14-20)33-26(32-22)17-4-7-21(8-5-17)34-25-18-11-16-12-19(13-18)29(25,15-16)28(34)36/h1-10,14,16,18-19,25H,11-13,15H2,(H,31,35)(H,32,33). The van der Waals surface area contributed by atoms with E-state index in [2.05, 4.69) is 32.3 Å². The van der Waals surface area contributed by atoms with Crippen LogP contribution in [0.5, 0.6) is 0 Å². The predicted octanol–water partition coefficient (Wildman–Crippen LogP) is 5.03. The fourth-order valence-electron chi connectivity index (χ4n) is 7.85. The highest BCUT2D eigenvalue weighted by Crippen LogP contribution is 2.71. The highest BCUT2D eigenvalue weighted by molar-refractivity contribution is 6.07. The Labute approximate surface area is 207 Å². The second-order valence-electron chi connectivity index (χ2n) is 10.9. The summed E-state index contributed by atoms with van der Waals surface area (Å²) < 4.78 is 0. The molecule has 1 spiro atoms. The van der Waals surface area contributed by atoms with E-state index in [9.17, 15) is 9.59 Å². The van der Waals surface area contributed by atoms with Crippen molar-refractivity contribution >= 4 is 34.2 Å². The first-order valence-electron chi connectivity index (χ1n) is 12.8. The number of β-lactam (4-membered cyclic amide) rings is 1. The zero-order chi connectivity index (χ0) is 24.0. The molecule has 178 valence electrons. The summed E-state index contributed by atoms with van der Waals surface area (Å²) >= 11 is 0. The van der Waals surface area contributed by atoms with Crippen molar-refractivity contribution in [3.63, 3.8) is 0 Å². The molecule has 1 aliphatic heterocycles. The van der Waals surface area contributed by atoms with Gasteiger partial charge in [-0.2, -0.15) is 0 Å². The van der Waals surface area contributed by atoms with Crippen LogP contribution < -0.4 is 10.2 Å². The minimum Gasteiger partial charge on any atom is -0.338 e. The Morgan fingerprint density at radius 3 is 2.78 bits per heavy atom. The Bertz CT molecular complexity index is 1550. The molecule has 4 bridgehead atoms. The lowest BCUT2D eigenvalue weighted by molar-refractivity contribution is -0.142. The quantitative estimate of drug-likeness (QED) is 0.405. The van der Waals surface area contributed by atoms with Gasteiger partial charge in [0.15, 0.2) is 0 Å². The van der Waals surface area contributed by atoms with E-state index in [1.807, 2.05) is 30.3 Å². The van der Waals surface area contributed by atoms with Gasteiger partial charge >= 0.3 is 0 Å². The van der Waals surface area contributed by atoms with E-state index in [0.717, 1.165) is 40.4 Å². The van der Waals surface area contributed by atoms with E-state index in [1.54, 1.807) is 24.4 Å². The van der Waals surface area contributed by atoms with Crippen molar-refractivity contribution in [1.82, 2.24) is 15.0 Å². The number of nitrogens with zero attached hydrogens (tertiary/aromatic N) is 3. The molecule has 2 N–H and O–H groups in total. The smallest absolute Gasteiger partial charge is 0.274 e. The van der Waals surface area contributed by atoms with Crippen LogP contribution in [0.1, 0.15) is 36.2 Å². The number of rotatable bonds is 4. The molecule has 3 heterocycles. The molecule has 7 nitrogen and oxygen atoms in total. The number of amides is 2. The van der Waals surface area contributed by atoms with Gasteiger partial charge in [0.2, 0.25) is 5.91 Å². The lowest BCUT2D eigenvalue weighted by Gasteiger charge is -2.56. The Morgan fingerprint density at radius 1 is 1.06 bits per heavy atom. The Morgan fingerprint density at radius 2 is 1.94 bits per heavy atom. The van der Waals surface area contributed by atoms with Gasteiger partial charge in [-0.15, -0.1) is 0 Å². The van der Waals surface area contributed by atoms with Gasteiger partial charge in [-0.05, 0) is 98.0 Å². The minimum atomic E-state index is -0.254. The van der Waals surface area contributed by atoms with E-state index in [1.165, 1.54) is 19.3 Å². The molecule has 36 heavy (non-hydrogen) atoms. The fraction of sp³-hybridized carbons (Fsp3) is 0.310. The Kier molecular flexibility index (Phi) is 3.95. The van der Waals surface area contributed by atoms with Crippen LogP contribution in [-0.2, 0) is 4.79 Å². The number of pyridine rings is 1. The molecule has 4 aromatic rings. The summed E-state index contributed by atoms with van der Waals surface area (Å²) in [6.45, 7) is 0. The molecule has 2 amide bonds. The maximum Gasteiger partial charge on any atom is 0.274 e. The molecule has 0 radical (unpaired) electrons. The molecule has 1 saturated heterocycles. The summed E-state index contributed by atoms with van der Waals surface area (Å²) in [5, 5.41) is 2.89. The number of hydrogen-bond donors (Lipinski definition) is 2. The second-order valence-corrected chi connectivity index (χ2v) is 10.9. The van der Waals surface area contributed by atoms with Crippen LogP contribution in [0.2, 0.25) is 0 Å². The summed E-state index contributed by atoms with van der Waals surface area (Å²) in [7, 11) is 0. The fourth-order valence-corrected chi connectivity index (χ4v) is 7.85. The van der Waals surface area contributed by atoms with Crippen LogP contribution >= 0.6 is 0 Å². The second kappa shape index (κ2) is 7.03. The van der Waals surface area contributed by atoms with Crippen LogP contribution in [0.3, 0.4) is 0 Å². The predicted molar refractivity (Wildman–Crippen MR) is 136 cm³/mol. The first-order valence-corrected chi connectivity index (χ1v) is 12.8. The van der Waals surface area contributed by atoms with E-state index >= 15 is 0 Å². The highest BCUT2D eigenvalue weighted by Gasteiger charge is 2.76. The van der Waals surface area contributed by atoms with Crippen molar-refractivity contribution in [2.75, 3.05) is 10.2 Å². The summed E-state index contributed by atoms with van der Waals surface area (Å²) in [4.78, 5) is 40.1. The normalized spacial score (nSPS) is 29.4. The molecule has 9 rings (SSSR count). The first-order chi connectivity index (χ1) is 17.6. The van der Waals surface area contributed by atoms with Crippen LogP contribution in [-0.4, -0.2) is 32.8 Å². The minimum absolute atomic E-state index is 0.0330. The van der Waals surface area contributed by atoms with Gasteiger partial charge in [0.25, 0.3) is 5.91 Å². The molecule has 4 saturated carbocycles. The van der Waals surface area contributed by atoms with Crippen molar-refractivity contribution in [2.24, 2.45) is 23.2 Å². The van der Waals surface area contributed by atoms with E-state index in [-0.39, 0.29) is 11.3 Å². The number of carbonyl (C=O) groups excluding carboxylic acids is 2. The number of aromatic nitrogens is 3. The number of imidazole rings is 1. The van der Waals surface area contributed by atoms with Gasteiger partial charge in [-0.25, -0.2) is 4.98 Å². The molecule has 5 unspecified atom stereocenters. The molecular formula is C29H25N5O2. The van der Waals surface area contributed by atoms with Gasteiger partial charge in [0.1, 0.15) is 11.5 Å². The van der Waals surface area contributed by atoms with Crippen molar-refractivity contribution in [2.45, 2.75) is 31.7 Å². The number of H-pyrrole nitrogens is 1. The summed E-state index contributed by atoms with van der Waals surface area (Å²) in [6.07, 6.45) is 6.53. The Balaban J connectivity index is 1.04. The lowest BCUT2D eigenvalue weighted by atomic mass is 9.63. The summed E-state index contributed by atoms with van der Waals surface area (Å²) in [5.74, 6) is 2.96. The number of nitrogens with one attached hydrogen (secondary N) is 2. The zero-order valence-corrected chi connectivity index (χ0v) is 19.6. The van der Waals surface area contributed by atoms with Gasteiger partial charge in [0.05, 0.1) is 22.5 Å². The highest BCUT2D eigenvalue weighted by atomic mass is 16.2. The maximum atomic E-state index is 13.4. The summed E-state index contributed by atoms with van der Waals surface area (Å²) in [5.41, 5.74) is 4.64. The average molecular weight is 476 g/mol. The topological polar surface area (TPSA) is 91.0 Å². The molecule has 7 heteroatoms. The zero-order valence-electron chi connectivity index (χ0n) is 19.6. The largest absolute Gasteiger partial charge is 0.338 e.